The normalized spacial score (nSPS) is 13.6. The second-order valence-electron chi connectivity index (χ2n) is 7.77. The monoisotopic (exact) mass is 415 g/mol. The fourth-order valence-electron chi connectivity index (χ4n) is 3.75. The molecular weight excluding hydrogens is 390 g/mol. The number of hydrogen-bond acceptors (Lipinski definition) is 6. The number of amides is 1. The summed E-state index contributed by atoms with van der Waals surface area (Å²) in [5.41, 5.74) is 4.53. The van der Waals surface area contributed by atoms with Gasteiger partial charge in [0.1, 0.15) is 11.7 Å². The van der Waals surface area contributed by atoms with E-state index in [9.17, 15) is 4.79 Å². The number of pyridine rings is 2. The zero-order chi connectivity index (χ0) is 22.1. The van der Waals surface area contributed by atoms with Gasteiger partial charge in [0.2, 0.25) is 0 Å². The molecule has 0 unspecified atom stereocenters. The highest BCUT2D eigenvalue weighted by Gasteiger charge is 2.30. The van der Waals surface area contributed by atoms with Gasteiger partial charge in [0.15, 0.2) is 5.82 Å². The smallest absolute Gasteiger partial charge is 0.260 e. The second-order valence-corrected chi connectivity index (χ2v) is 7.77. The Balaban J connectivity index is 1.65. The van der Waals surface area contributed by atoms with E-state index in [0.29, 0.717) is 29.6 Å². The molecule has 1 amide bonds. The third-order valence-electron chi connectivity index (χ3n) is 5.37. The summed E-state index contributed by atoms with van der Waals surface area (Å²) < 4.78 is 0. The minimum absolute atomic E-state index is 0.0208. The lowest BCUT2D eigenvalue weighted by Crippen LogP contribution is -2.42. The Morgan fingerprint density at radius 2 is 1.97 bits per heavy atom. The third-order valence-corrected chi connectivity index (χ3v) is 5.37. The van der Waals surface area contributed by atoms with Gasteiger partial charge in [-0.3, -0.25) is 14.7 Å². The molecule has 4 N–H and O–H groups in total. The van der Waals surface area contributed by atoms with Crippen molar-refractivity contribution in [1.29, 1.82) is 0 Å². The maximum Gasteiger partial charge on any atom is 0.260 e. The highest BCUT2D eigenvalue weighted by Crippen LogP contribution is 2.32. The topological polar surface area (TPSA) is 114 Å². The molecule has 8 heteroatoms. The van der Waals surface area contributed by atoms with Crippen LogP contribution in [0.5, 0.6) is 0 Å². The van der Waals surface area contributed by atoms with Crippen LogP contribution in [0.1, 0.15) is 35.5 Å². The Hall–Kier alpha value is -3.78. The lowest BCUT2D eigenvalue weighted by molar-refractivity contribution is 0.0996. The number of carbonyl (C=O) groups excluding carboxylic acids is 1. The first-order valence-corrected chi connectivity index (χ1v) is 10.1. The first kappa shape index (κ1) is 20.5. The predicted octanol–water partition coefficient (Wildman–Crippen LogP) is 3.22. The maximum atomic E-state index is 13.2. The number of aryl methyl sites for hydroxylation is 1. The van der Waals surface area contributed by atoms with Crippen LogP contribution in [0.3, 0.4) is 0 Å². The quantitative estimate of drug-likeness (QED) is 0.293. The van der Waals surface area contributed by atoms with E-state index in [-0.39, 0.29) is 11.8 Å². The van der Waals surface area contributed by atoms with E-state index < -0.39 is 0 Å². The molecule has 4 rings (SSSR count). The number of hydrogen-bond donors (Lipinski definition) is 2. The van der Waals surface area contributed by atoms with E-state index >= 15 is 0 Å². The van der Waals surface area contributed by atoms with E-state index in [4.69, 9.17) is 11.7 Å². The van der Waals surface area contributed by atoms with E-state index in [2.05, 4.69) is 15.1 Å². The van der Waals surface area contributed by atoms with Gasteiger partial charge < -0.3 is 5.84 Å². The Bertz CT molecular complexity index is 1170. The fourth-order valence-corrected chi connectivity index (χ4v) is 3.75. The zero-order valence-electron chi connectivity index (χ0n) is 17.8. The largest absolute Gasteiger partial charge is 0.322 e. The Kier molecular flexibility index (Phi) is 5.39. The molecule has 0 radical (unpaired) electrons. The number of anilines is 2. The molecule has 0 atom stereocenters. The molecule has 0 fully saturated rings. The SMILES string of the molecule is Cc1ncccc1-c1ccc2c(c1)C(=O)N(c1cccc(N(N)/C(=N\N)C(C)C)n1)C2. The van der Waals surface area contributed by atoms with Crippen LogP contribution in [-0.2, 0) is 6.54 Å². The van der Waals surface area contributed by atoms with Gasteiger partial charge in [0, 0.05) is 28.9 Å². The molecule has 8 nitrogen and oxygen atoms in total. The van der Waals surface area contributed by atoms with Crippen LogP contribution in [0.2, 0.25) is 0 Å². The Labute approximate surface area is 181 Å². The molecule has 1 aliphatic heterocycles. The number of carbonyl (C=O) groups is 1. The van der Waals surface area contributed by atoms with Crippen LogP contribution in [0.15, 0.2) is 59.8 Å². The lowest BCUT2D eigenvalue weighted by atomic mass is 9.99. The summed E-state index contributed by atoms with van der Waals surface area (Å²) in [6.07, 6.45) is 1.76. The van der Waals surface area contributed by atoms with Gasteiger partial charge in [-0.15, -0.1) is 0 Å². The van der Waals surface area contributed by atoms with E-state index in [0.717, 1.165) is 22.4 Å². The molecule has 31 heavy (non-hydrogen) atoms. The number of benzene rings is 1. The number of fused-ring (bicyclic) bond motifs is 1. The maximum absolute atomic E-state index is 13.2. The minimum Gasteiger partial charge on any atom is -0.322 e. The van der Waals surface area contributed by atoms with Crippen molar-refractivity contribution in [2.75, 3.05) is 9.91 Å². The first-order valence-electron chi connectivity index (χ1n) is 10.1. The van der Waals surface area contributed by atoms with Crippen LogP contribution >= 0.6 is 0 Å². The summed E-state index contributed by atoms with van der Waals surface area (Å²) >= 11 is 0. The van der Waals surface area contributed by atoms with Gasteiger partial charge in [-0.05, 0) is 42.3 Å². The molecule has 1 aliphatic rings. The molecule has 3 heterocycles. The highest BCUT2D eigenvalue weighted by molar-refractivity contribution is 6.10. The van der Waals surface area contributed by atoms with Gasteiger partial charge in [0.05, 0.1) is 6.54 Å². The molecule has 0 spiro atoms. The predicted molar refractivity (Wildman–Crippen MR) is 122 cm³/mol. The highest BCUT2D eigenvalue weighted by atomic mass is 16.2. The number of rotatable bonds is 4. The number of nitrogens with two attached hydrogens (primary N) is 2. The summed E-state index contributed by atoms with van der Waals surface area (Å²) in [7, 11) is 0. The van der Waals surface area contributed by atoms with E-state index in [1.807, 2.05) is 57.2 Å². The van der Waals surface area contributed by atoms with Gasteiger partial charge in [-0.25, -0.2) is 15.8 Å². The van der Waals surface area contributed by atoms with E-state index in [1.54, 1.807) is 23.2 Å². The molecule has 0 aliphatic carbocycles. The van der Waals surface area contributed by atoms with Gasteiger partial charge in [-0.2, -0.15) is 5.10 Å². The summed E-state index contributed by atoms with van der Waals surface area (Å²) in [5, 5.41) is 5.13. The third kappa shape index (κ3) is 3.73. The van der Waals surface area contributed by atoms with Crippen molar-refractivity contribution in [3.63, 3.8) is 0 Å². The minimum atomic E-state index is -0.0943. The number of amidine groups is 1. The van der Waals surface area contributed by atoms with Crippen LogP contribution < -0.4 is 21.6 Å². The summed E-state index contributed by atoms with van der Waals surface area (Å²) in [5.74, 6) is 13.1. The second kappa shape index (κ2) is 8.16. The van der Waals surface area contributed by atoms with Crippen molar-refractivity contribution < 1.29 is 4.79 Å². The van der Waals surface area contributed by atoms with Crippen LogP contribution in [0, 0.1) is 12.8 Å². The van der Waals surface area contributed by atoms with Crippen LogP contribution in [0.4, 0.5) is 11.6 Å². The van der Waals surface area contributed by atoms with E-state index in [1.165, 1.54) is 5.01 Å². The standard InChI is InChI=1S/C23H25N7O/c1-14(2)22(28-24)30(25)21-8-4-7-20(27-21)29-13-17-10-9-16(12-19(17)23(29)31)18-6-5-11-26-15(18)3/h4-12,14H,13,24-25H2,1-3H3/b28-22-. The first-order chi connectivity index (χ1) is 14.9. The molecule has 2 aromatic heterocycles. The van der Waals surface area contributed by atoms with Crippen LogP contribution in [-0.4, -0.2) is 21.7 Å². The molecule has 0 saturated carbocycles. The average molecular weight is 416 g/mol. The van der Waals surface area contributed by atoms with Crippen LogP contribution in [0.25, 0.3) is 11.1 Å². The molecule has 0 saturated heterocycles. The molecule has 0 bridgehead atoms. The summed E-state index contributed by atoms with van der Waals surface area (Å²) in [4.78, 5) is 23.8. The van der Waals surface area contributed by atoms with Gasteiger partial charge in [-0.1, -0.05) is 38.1 Å². The summed E-state index contributed by atoms with van der Waals surface area (Å²) in [6, 6.07) is 15.2. The van der Waals surface area contributed by atoms with Crippen molar-refractivity contribution >= 4 is 23.4 Å². The molecule has 1 aromatic carbocycles. The number of hydrazine groups is 1. The molecular formula is C23H25N7O. The lowest BCUT2D eigenvalue weighted by Gasteiger charge is -2.23. The zero-order valence-corrected chi connectivity index (χ0v) is 17.8. The van der Waals surface area contributed by atoms with Crippen molar-refractivity contribution in [3.05, 3.63) is 71.5 Å². The number of aromatic nitrogens is 2. The van der Waals surface area contributed by atoms with Crippen molar-refractivity contribution in [2.24, 2.45) is 22.7 Å². The van der Waals surface area contributed by atoms with Gasteiger partial charge in [0.25, 0.3) is 5.91 Å². The van der Waals surface area contributed by atoms with Crippen molar-refractivity contribution in [3.8, 4) is 11.1 Å². The molecule has 158 valence electrons. The Morgan fingerprint density at radius 3 is 2.68 bits per heavy atom. The van der Waals surface area contributed by atoms with Crippen molar-refractivity contribution in [1.82, 2.24) is 9.97 Å². The number of nitrogens with zero attached hydrogens (tertiary/aromatic N) is 5. The number of hydrazone groups is 1. The van der Waals surface area contributed by atoms with Gasteiger partial charge >= 0.3 is 0 Å². The van der Waals surface area contributed by atoms with Crippen molar-refractivity contribution in [2.45, 2.75) is 27.3 Å². The summed E-state index contributed by atoms with van der Waals surface area (Å²) in [6.45, 7) is 6.29. The average Bonchev–Trinajstić information content (AvgIpc) is 3.10. The Morgan fingerprint density at radius 1 is 1.16 bits per heavy atom. The molecule has 3 aromatic rings. The fraction of sp³-hybridized carbons (Fsp3) is 0.217.